The molecule has 0 unspecified atom stereocenters. The van der Waals surface area contributed by atoms with Gasteiger partial charge in [-0.05, 0) is 39.2 Å². The lowest BCUT2D eigenvalue weighted by Crippen LogP contribution is -2.64. The predicted molar refractivity (Wildman–Crippen MR) is 87.6 cm³/mol. The number of nitrogens with zero attached hydrogens (tertiary/aromatic N) is 1. The molecule has 0 aromatic carbocycles. The van der Waals surface area contributed by atoms with Crippen molar-refractivity contribution in [3.63, 3.8) is 0 Å². The van der Waals surface area contributed by atoms with Gasteiger partial charge in [0.15, 0.2) is 5.78 Å². The number of ketones is 1. The number of carbonyl (C=O) groups excluding carboxylic acids is 2. The predicted octanol–water partition coefficient (Wildman–Crippen LogP) is 3.03. The average molecular weight is 318 g/mol. The standard InChI is InChI=1S/C18H26N2O3/c1-4-23-16-10-15(18(16)7-5-6-8-18)20(3)17(22)14-9-13(11-19-14)12(2)21/h9,11,15-16,19H,4-8,10H2,1-3H3/t15-,16+/m0/s1. The number of carbonyl (C=O) groups is 2. The highest BCUT2D eigenvalue weighted by Crippen LogP contribution is 2.56. The van der Waals surface area contributed by atoms with Crippen LogP contribution in [0.2, 0.25) is 0 Å². The topological polar surface area (TPSA) is 62.4 Å². The fourth-order valence-corrected chi connectivity index (χ4v) is 4.45. The van der Waals surface area contributed by atoms with Crippen LogP contribution in [0, 0.1) is 5.41 Å². The van der Waals surface area contributed by atoms with Crippen LogP contribution in [0.1, 0.15) is 66.8 Å². The third kappa shape index (κ3) is 2.61. The number of hydrogen-bond acceptors (Lipinski definition) is 3. The van der Waals surface area contributed by atoms with E-state index in [1.165, 1.54) is 19.8 Å². The molecule has 0 bridgehead atoms. The van der Waals surface area contributed by atoms with E-state index in [4.69, 9.17) is 4.74 Å². The molecule has 5 heteroatoms. The molecule has 2 atom stereocenters. The highest BCUT2D eigenvalue weighted by molar-refractivity contribution is 5.99. The molecule has 0 aliphatic heterocycles. The van der Waals surface area contributed by atoms with E-state index < -0.39 is 0 Å². The SMILES string of the molecule is CCO[C@@H]1C[C@H](N(C)C(=O)c2cc(C(C)=O)c[nH]2)C12CCCC2. The maximum Gasteiger partial charge on any atom is 0.270 e. The van der Waals surface area contributed by atoms with Crippen molar-refractivity contribution in [2.45, 2.75) is 58.1 Å². The minimum absolute atomic E-state index is 0.0322. The molecule has 2 aliphatic carbocycles. The Labute approximate surface area is 137 Å². The number of rotatable bonds is 5. The fraction of sp³-hybridized carbons (Fsp3) is 0.667. The first-order valence-corrected chi connectivity index (χ1v) is 8.57. The quantitative estimate of drug-likeness (QED) is 0.849. The van der Waals surface area contributed by atoms with Gasteiger partial charge in [0.25, 0.3) is 5.91 Å². The van der Waals surface area contributed by atoms with Crippen LogP contribution in [0.5, 0.6) is 0 Å². The highest BCUT2D eigenvalue weighted by Gasteiger charge is 2.58. The molecular formula is C18H26N2O3. The van der Waals surface area contributed by atoms with Crippen molar-refractivity contribution >= 4 is 11.7 Å². The first-order chi connectivity index (χ1) is 11.0. The van der Waals surface area contributed by atoms with Crippen molar-refractivity contribution < 1.29 is 14.3 Å². The van der Waals surface area contributed by atoms with E-state index >= 15 is 0 Å². The Morgan fingerprint density at radius 1 is 1.39 bits per heavy atom. The minimum atomic E-state index is -0.0382. The second kappa shape index (κ2) is 6.11. The molecule has 1 spiro atoms. The maximum absolute atomic E-state index is 12.8. The Hall–Kier alpha value is -1.62. The van der Waals surface area contributed by atoms with E-state index in [0.29, 0.717) is 11.3 Å². The van der Waals surface area contributed by atoms with Gasteiger partial charge in [0.05, 0.1) is 6.10 Å². The molecular weight excluding hydrogens is 292 g/mol. The zero-order chi connectivity index (χ0) is 16.6. The van der Waals surface area contributed by atoms with Gasteiger partial charge in [-0.25, -0.2) is 0 Å². The maximum atomic E-state index is 12.8. The number of Topliss-reactive ketones (excluding diaryl/α,β-unsaturated/α-hetero) is 1. The first-order valence-electron chi connectivity index (χ1n) is 8.57. The molecule has 23 heavy (non-hydrogen) atoms. The van der Waals surface area contributed by atoms with Crippen LogP contribution in [0.15, 0.2) is 12.3 Å². The van der Waals surface area contributed by atoms with Crippen LogP contribution in [0.3, 0.4) is 0 Å². The van der Waals surface area contributed by atoms with E-state index in [0.717, 1.165) is 25.9 Å². The molecule has 1 N–H and O–H groups in total. The molecule has 0 radical (unpaired) electrons. The second-order valence-electron chi connectivity index (χ2n) is 6.91. The highest BCUT2D eigenvalue weighted by atomic mass is 16.5. The number of amides is 1. The van der Waals surface area contributed by atoms with E-state index in [9.17, 15) is 9.59 Å². The van der Waals surface area contributed by atoms with Crippen molar-refractivity contribution in [1.82, 2.24) is 9.88 Å². The van der Waals surface area contributed by atoms with Gasteiger partial charge >= 0.3 is 0 Å². The van der Waals surface area contributed by atoms with Gasteiger partial charge in [-0.3, -0.25) is 9.59 Å². The molecule has 1 aromatic rings. The third-order valence-corrected chi connectivity index (χ3v) is 5.75. The number of ether oxygens (including phenoxy) is 1. The molecule has 5 nitrogen and oxygen atoms in total. The number of hydrogen-bond donors (Lipinski definition) is 1. The molecule has 126 valence electrons. The zero-order valence-electron chi connectivity index (χ0n) is 14.2. The largest absolute Gasteiger partial charge is 0.378 e. The summed E-state index contributed by atoms with van der Waals surface area (Å²) in [5.74, 6) is -0.0704. The van der Waals surface area contributed by atoms with Gasteiger partial charge < -0.3 is 14.6 Å². The zero-order valence-corrected chi connectivity index (χ0v) is 14.2. The van der Waals surface area contributed by atoms with Crippen LogP contribution in [0.25, 0.3) is 0 Å². The molecule has 1 aromatic heterocycles. The smallest absolute Gasteiger partial charge is 0.270 e. The van der Waals surface area contributed by atoms with Crippen LogP contribution >= 0.6 is 0 Å². The summed E-state index contributed by atoms with van der Waals surface area (Å²) in [7, 11) is 1.88. The lowest BCUT2D eigenvalue weighted by molar-refractivity contribution is -0.152. The third-order valence-electron chi connectivity index (χ3n) is 5.75. The molecule has 1 amide bonds. The Morgan fingerprint density at radius 2 is 2.09 bits per heavy atom. The molecule has 2 saturated carbocycles. The monoisotopic (exact) mass is 318 g/mol. The molecule has 0 saturated heterocycles. The summed E-state index contributed by atoms with van der Waals surface area (Å²) in [6, 6.07) is 1.89. The van der Waals surface area contributed by atoms with Crippen LogP contribution in [-0.2, 0) is 4.74 Å². The normalized spacial score (nSPS) is 25.3. The van der Waals surface area contributed by atoms with Gasteiger partial charge in [0, 0.05) is 36.9 Å². The Kier molecular flexibility index (Phi) is 4.32. The van der Waals surface area contributed by atoms with Gasteiger partial charge in [0.1, 0.15) is 5.69 Å². The summed E-state index contributed by atoms with van der Waals surface area (Å²) < 4.78 is 5.93. The Bertz CT molecular complexity index is 601. The van der Waals surface area contributed by atoms with E-state index in [1.54, 1.807) is 12.3 Å². The Morgan fingerprint density at radius 3 is 2.65 bits per heavy atom. The Balaban J connectivity index is 1.75. The van der Waals surface area contributed by atoms with Crippen molar-refractivity contribution in [3.05, 3.63) is 23.5 Å². The van der Waals surface area contributed by atoms with Crippen LogP contribution in [-0.4, -0.2) is 47.4 Å². The van der Waals surface area contributed by atoms with Crippen LogP contribution < -0.4 is 0 Å². The fourth-order valence-electron chi connectivity index (χ4n) is 4.45. The lowest BCUT2D eigenvalue weighted by atomic mass is 9.60. The second-order valence-corrected chi connectivity index (χ2v) is 6.91. The van der Waals surface area contributed by atoms with E-state index in [1.807, 2.05) is 18.9 Å². The molecule has 1 heterocycles. The van der Waals surface area contributed by atoms with Gasteiger partial charge in [-0.1, -0.05) is 12.8 Å². The summed E-state index contributed by atoms with van der Waals surface area (Å²) >= 11 is 0. The number of nitrogens with one attached hydrogen (secondary N) is 1. The number of aromatic nitrogens is 1. The van der Waals surface area contributed by atoms with Crippen molar-refractivity contribution in [1.29, 1.82) is 0 Å². The summed E-state index contributed by atoms with van der Waals surface area (Å²) in [4.78, 5) is 29.0. The van der Waals surface area contributed by atoms with Gasteiger partial charge in [-0.2, -0.15) is 0 Å². The summed E-state index contributed by atoms with van der Waals surface area (Å²) in [5, 5.41) is 0. The van der Waals surface area contributed by atoms with Crippen molar-refractivity contribution in [2.24, 2.45) is 5.41 Å². The summed E-state index contributed by atoms with van der Waals surface area (Å²) in [6.45, 7) is 4.27. The summed E-state index contributed by atoms with van der Waals surface area (Å²) in [6.07, 6.45) is 7.53. The van der Waals surface area contributed by atoms with Gasteiger partial charge in [-0.15, -0.1) is 0 Å². The molecule has 2 aliphatic rings. The van der Waals surface area contributed by atoms with Crippen molar-refractivity contribution in [3.8, 4) is 0 Å². The van der Waals surface area contributed by atoms with Gasteiger partial charge in [0.2, 0.25) is 0 Å². The number of aromatic amines is 1. The van der Waals surface area contributed by atoms with Crippen molar-refractivity contribution in [2.75, 3.05) is 13.7 Å². The van der Waals surface area contributed by atoms with E-state index in [2.05, 4.69) is 4.98 Å². The lowest BCUT2D eigenvalue weighted by Gasteiger charge is -2.56. The summed E-state index contributed by atoms with van der Waals surface area (Å²) in [5.41, 5.74) is 1.18. The number of H-pyrrole nitrogens is 1. The van der Waals surface area contributed by atoms with Crippen LogP contribution in [0.4, 0.5) is 0 Å². The van der Waals surface area contributed by atoms with E-state index in [-0.39, 0.29) is 29.3 Å². The first kappa shape index (κ1) is 16.2. The average Bonchev–Trinajstić information content (AvgIpc) is 3.19. The molecule has 2 fully saturated rings. The molecule has 3 rings (SSSR count). The minimum Gasteiger partial charge on any atom is -0.378 e.